The Morgan fingerprint density at radius 1 is 0.466 bits per heavy atom. The molecule has 8 aromatic rings. The second kappa shape index (κ2) is 22.0. The molecule has 0 saturated heterocycles. The summed E-state index contributed by atoms with van der Waals surface area (Å²) in [5.41, 5.74) is 6.26. The monoisotopic (exact) mass is 834 g/mol. The summed E-state index contributed by atoms with van der Waals surface area (Å²) in [5.74, 6) is 2.31. The number of hydrogen-bond acceptors (Lipinski definition) is 13. The van der Waals surface area contributed by atoms with Gasteiger partial charge in [-0.25, -0.2) is 0 Å². The Hall–Kier alpha value is -6.07. The molecule has 3 heterocycles. The van der Waals surface area contributed by atoms with E-state index in [1.165, 1.54) is 46.4 Å². The van der Waals surface area contributed by atoms with Gasteiger partial charge in [0.15, 0.2) is 0 Å². The molecule has 13 nitrogen and oxygen atoms in total. The molecule has 0 atom stereocenters. The molecule has 0 aliphatic rings. The summed E-state index contributed by atoms with van der Waals surface area (Å²) in [6.45, 7) is 0.602. The number of benzene rings is 5. The first-order chi connectivity index (χ1) is 28.5. The molecule has 296 valence electrons. The van der Waals surface area contributed by atoms with Gasteiger partial charge in [0.25, 0.3) is 15.1 Å². The van der Waals surface area contributed by atoms with E-state index in [0.717, 1.165) is 40.4 Å². The lowest BCUT2D eigenvalue weighted by Gasteiger charge is -2.00. The number of thioether (sulfide) groups is 3. The smallest absolute Gasteiger partial charge is 0.283 e. The maximum Gasteiger partial charge on any atom is 0.283 e. The zero-order valence-corrected chi connectivity index (χ0v) is 33.7. The van der Waals surface area contributed by atoms with E-state index in [1.807, 2.05) is 140 Å². The second-order valence-electron chi connectivity index (χ2n) is 12.0. The van der Waals surface area contributed by atoms with E-state index in [2.05, 4.69) is 32.2 Å². The van der Waals surface area contributed by atoms with E-state index in [0.29, 0.717) is 53.5 Å². The number of aryl methyl sites for hydroxylation is 1. The summed E-state index contributed by atoms with van der Waals surface area (Å²) in [6.07, 6.45) is 0.922. The largest absolute Gasteiger partial charge is 0.384 e. The van der Waals surface area contributed by atoms with E-state index >= 15 is 0 Å². The predicted octanol–water partition coefficient (Wildman–Crippen LogP) is 8.29. The van der Waals surface area contributed by atoms with Gasteiger partial charge in [-0.2, -0.15) is 0 Å². The number of nitrogens with zero attached hydrogens (tertiary/aromatic N) is 6. The maximum absolute atomic E-state index is 11.7. The van der Waals surface area contributed by atoms with Crippen LogP contribution in [-0.2, 0) is 16.9 Å². The average molecular weight is 835 g/mol. The van der Waals surface area contributed by atoms with E-state index in [4.69, 9.17) is 14.0 Å². The average Bonchev–Trinajstić information content (AvgIpc) is 3.97. The van der Waals surface area contributed by atoms with Gasteiger partial charge in [-0.3, -0.25) is 13.9 Å². The number of methoxy groups -OCH3 is 1. The molecule has 0 spiro atoms. The van der Waals surface area contributed by atoms with Crippen LogP contribution in [0, 0.1) is 15.6 Å². The Bertz CT molecular complexity index is 2390. The van der Waals surface area contributed by atoms with Crippen molar-refractivity contribution in [2.45, 2.75) is 27.3 Å². The minimum absolute atomic E-state index is 0.435. The van der Waals surface area contributed by atoms with Crippen molar-refractivity contribution in [1.29, 1.82) is 0 Å². The van der Waals surface area contributed by atoms with Crippen LogP contribution in [0.4, 0.5) is 0 Å². The highest BCUT2D eigenvalue weighted by atomic mass is 32.2. The molecule has 0 aliphatic carbocycles. The Balaban J connectivity index is 0.000000148. The predicted molar refractivity (Wildman–Crippen MR) is 222 cm³/mol. The highest BCUT2D eigenvalue weighted by molar-refractivity contribution is 7.99. The molecule has 0 radical (unpaired) electrons. The minimum atomic E-state index is 0.435. The second-order valence-corrected chi connectivity index (χ2v) is 15.2. The molecule has 5 aromatic carbocycles. The first kappa shape index (κ1) is 41.6. The highest BCUT2D eigenvalue weighted by Crippen LogP contribution is 2.30. The van der Waals surface area contributed by atoms with Crippen molar-refractivity contribution in [2.75, 3.05) is 25.2 Å². The van der Waals surface area contributed by atoms with E-state index in [-0.39, 0.29) is 0 Å². The molecular weight excluding hydrogens is 797 g/mol. The van der Waals surface area contributed by atoms with Crippen molar-refractivity contribution in [3.05, 3.63) is 178 Å². The van der Waals surface area contributed by atoms with Crippen LogP contribution in [0.3, 0.4) is 0 Å². The van der Waals surface area contributed by atoms with E-state index in [1.54, 1.807) is 7.11 Å². The standard InChI is InChI=1S/C16H14N2O2S.C15H12N2O2S.C11H12N2O3S/c19-18-15(14-9-5-2-6-10-14)16(17-20-18)21-12-11-13-7-3-1-4-8-13;18-17-14(13-9-5-2-6-10-13)15(16-19-17)20-11-12-7-3-1-4-8-12;1-15-7-8-17-11-10(13(14)16-12-11)9-5-3-2-4-6-9/h1-10H,11-12H2;1-10H,11H2;2-6H,7-8H2,1H3. The van der Waals surface area contributed by atoms with Crippen LogP contribution in [0.5, 0.6) is 0 Å². The molecule has 0 amide bonds. The molecule has 8 rings (SSSR count). The van der Waals surface area contributed by atoms with Crippen molar-refractivity contribution < 1.29 is 33.3 Å². The zero-order valence-electron chi connectivity index (χ0n) is 31.2. The summed E-state index contributed by atoms with van der Waals surface area (Å²) >= 11 is 4.46. The highest BCUT2D eigenvalue weighted by Gasteiger charge is 2.23. The Kier molecular flexibility index (Phi) is 15.8. The fourth-order valence-electron chi connectivity index (χ4n) is 5.33. The molecule has 0 aliphatic heterocycles. The number of aromatic nitrogens is 6. The SMILES string of the molecule is COCCSc1no[n+]([O-])c1-c1ccccc1.[O-][n+]1onc(SCCc2ccccc2)c1-c1ccccc1.[O-][n+]1onc(SCc2ccccc2)c1-c1ccccc1. The van der Waals surface area contributed by atoms with Gasteiger partial charge < -0.3 is 20.4 Å². The molecule has 0 unspecified atom stereocenters. The summed E-state index contributed by atoms with van der Waals surface area (Å²) in [5, 5.41) is 48.3. The Labute approximate surface area is 347 Å². The first-order valence-corrected chi connectivity index (χ1v) is 20.9. The lowest BCUT2D eigenvalue weighted by atomic mass is 10.2. The van der Waals surface area contributed by atoms with Crippen molar-refractivity contribution in [1.82, 2.24) is 15.5 Å². The third-order valence-corrected chi connectivity index (χ3v) is 11.0. The van der Waals surface area contributed by atoms with Crippen LogP contribution in [0.1, 0.15) is 11.1 Å². The fourth-order valence-corrected chi connectivity index (χ4v) is 8.04. The molecular formula is C42H38N6O7S3. The normalized spacial score (nSPS) is 10.6. The molecule has 0 fully saturated rings. The number of hydrogen-bond donors (Lipinski definition) is 0. The first-order valence-electron chi connectivity index (χ1n) is 17.9. The van der Waals surface area contributed by atoms with Crippen molar-refractivity contribution >= 4 is 35.3 Å². The van der Waals surface area contributed by atoms with Crippen LogP contribution in [0.2, 0.25) is 0 Å². The van der Waals surface area contributed by atoms with Crippen molar-refractivity contribution in [3.63, 3.8) is 0 Å². The molecule has 16 heteroatoms. The van der Waals surface area contributed by atoms with Gasteiger partial charge >= 0.3 is 0 Å². The van der Waals surface area contributed by atoms with Crippen LogP contribution in [-0.4, -0.2) is 40.7 Å². The fraction of sp³-hybridized carbons (Fsp3) is 0.143. The van der Waals surface area contributed by atoms with Crippen molar-refractivity contribution in [3.8, 4) is 33.8 Å². The van der Waals surface area contributed by atoms with Crippen LogP contribution < -0.4 is 14.7 Å². The topological polar surface area (TPSA) is 168 Å². The van der Waals surface area contributed by atoms with Gasteiger partial charge in [-0.15, -0.1) is 0 Å². The maximum atomic E-state index is 11.7. The molecule has 0 saturated carbocycles. The Morgan fingerprint density at radius 2 is 0.810 bits per heavy atom. The van der Waals surface area contributed by atoms with E-state index < -0.39 is 0 Å². The summed E-state index contributed by atoms with van der Waals surface area (Å²) in [4.78, 5) is 1.37. The van der Waals surface area contributed by atoms with Gasteiger partial charge in [0, 0.05) is 41.1 Å². The van der Waals surface area contributed by atoms with Crippen molar-refractivity contribution in [2.24, 2.45) is 0 Å². The molecule has 3 aromatic heterocycles. The van der Waals surface area contributed by atoms with Crippen LogP contribution in [0.15, 0.2) is 181 Å². The lowest BCUT2D eigenvalue weighted by Crippen LogP contribution is -2.25. The van der Waals surface area contributed by atoms with E-state index in [9.17, 15) is 15.6 Å². The third-order valence-electron chi connectivity index (χ3n) is 8.11. The quantitative estimate of drug-likeness (QED) is 0.0584. The minimum Gasteiger partial charge on any atom is -0.384 e. The summed E-state index contributed by atoms with van der Waals surface area (Å²) in [6, 6.07) is 48.5. The van der Waals surface area contributed by atoms with Gasteiger partial charge in [0.05, 0.1) is 22.1 Å². The zero-order chi connectivity index (χ0) is 40.4. The number of rotatable bonds is 14. The van der Waals surface area contributed by atoms with Crippen LogP contribution in [0.25, 0.3) is 33.8 Å². The summed E-state index contributed by atoms with van der Waals surface area (Å²) in [7, 11) is 1.63. The molecule has 0 N–H and O–H groups in total. The van der Waals surface area contributed by atoms with Gasteiger partial charge in [0.2, 0.25) is 17.1 Å². The van der Waals surface area contributed by atoms with Gasteiger partial charge in [-0.05, 0) is 32.3 Å². The van der Waals surface area contributed by atoms with Crippen LogP contribution >= 0.6 is 35.3 Å². The molecule has 58 heavy (non-hydrogen) atoms. The lowest BCUT2D eigenvalue weighted by molar-refractivity contribution is -0.793. The van der Waals surface area contributed by atoms with Gasteiger partial charge in [-0.1, -0.05) is 187 Å². The molecule has 0 bridgehead atoms. The van der Waals surface area contributed by atoms with Gasteiger partial charge in [0.1, 0.15) is 0 Å². The third kappa shape index (κ3) is 11.7. The summed E-state index contributed by atoms with van der Waals surface area (Å²) < 4.78 is 19.1. The number of ether oxygens (including phenoxy) is 1. The Morgan fingerprint density at radius 3 is 1.21 bits per heavy atom.